The number of carboxylic acid groups (broad SMARTS) is 4. The van der Waals surface area contributed by atoms with Gasteiger partial charge in [-0.25, -0.2) is 19.2 Å². The second-order valence-electron chi connectivity index (χ2n) is 21.3. The number of benzene rings is 3. The first-order valence-corrected chi connectivity index (χ1v) is 29.0. The number of carbonyl (C=O) groups excluding carboxylic acids is 6. The maximum atomic E-state index is 13.9. The monoisotopic (exact) mass is 1380 g/mol. The molecule has 3 aliphatic heterocycles. The second kappa shape index (κ2) is 39.1. The van der Waals surface area contributed by atoms with Gasteiger partial charge in [0.1, 0.15) is 23.9 Å². The molecule has 3 heterocycles. The van der Waals surface area contributed by atoms with E-state index in [1.165, 1.54) is 32.4 Å². The zero-order valence-electron chi connectivity index (χ0n) is 51.1. The smallest absolute Gasteiger partial charge is 0.490 e. The van der Waals surface area contributed by atoms with Crippen molar-refractivity contribution in [2.75, 3.05) is 82.2 Å². The fraction of sp³-hybridized carbons (Fsp3) is 0.517. The number of rotatable bonds is 22. The molecule has 0 unspecified atom stereocenters. The van der Waals surface area contributed by atoms with Crippen LogP contribution in [0.2, 0.25) is 0 Å². The summed E-state index contributed by atoms with van der Waals surface area (Å²) in [5.74, 6) is -12.3. The fourth-order valence-electron chi connectivity index (χ4n) is 9.14. The predicted molar refractivity (Wildman–Crippen MR) is 314 cm³/mol. The Morgan fingerprint density at radius 3 is 1.56 bits per heavy atom. The molecule has 12 N–H and O–H groups in total. The quantitative estimate of drug-likeness (QED) is 0.0428. The van der Waals surface area contributed by atoms with Crippen molar-refractivity contribution >= 4 is 76.4 Å². The summed E-state index contributed by atoms with van der Waals surface area (Å²) >= 11 is 0. The zero-order chi connectivity index (χ0) is 72.0. The minimum Gasteiger partial charge on any atom is -0.508 e. The lowest BCUT2D eigenvalue weighted by atomic mass is 9.91. The molecule has 0 bridgehead atoms. The van der Waals surface area contributed by atoms with Crippen molar-refractivity contribution in [2.45, 2.75) is 114 Å². The van der Waals surface area contributed by atoms with E-state index < -0.39 is 78.5 Å². The Balaban J connectivity index is 0.000000910. The third-order valence-electron chi connectivity index (χ3n) is 14.0. The van der Waals surface area contributed by atoms with Gasteiger partial charge in [-0.05, 0) is 120 Å². The number of hydrogen-bond donors (Lipinski definition) is 11. The van der Waals surface area contributed by atoms with Gasteiger partial charge in [-0.2, -0.15) is 52.7 Å². The number of hydrogen-bond acceptors (Lipinski definition) is 15. The first-order chi connectivity index (χ1) is 44.1. The molecule has 3 aromatic rings. The van der Waals surface area contributed by atoms with Crippen LogP contribution >= 0.6 is 0 Å². The van der Waals surface area contributed by atoms with E-state index in [2.05, 4.69) is 41.3 Å². The predicted octanol–water partition coefficient (Wildman–Crippen LogP) is 5.64. The molecule has 6 rings (SSSR count). The largest absolute Gasteiger partial charge is 0.508 e. The zero-order valence-corrected chi connectivity index (χ0v) is 51.1. The van der Waals surface area contributed by atoms with Gasteiger partial charge in [-0.15, -0.1) is 0 Å². The molecule has 3 aliphatic rings. The van der Waals surface area contributed by atoms with Gasteiger partial charge in [0, 0.05) is 52.6 Å². The molecular weight excluding hydrogens is 1300 g/mol. The van der Waals surface area contributed by atoms with Gasteiger partial charge in [0.05, 0.1) is 29.2 Å². The lowest BCUT2D eigenvalue weighted by Gasteiger charge is -2.35. The van der Waals surface area contributed by atoms with Crippen molar-refractivity contribution in [1.29, 1.82) is 0 Å². The number of piperazine rings is 1. The number of aliphatic carboxylic acids is 4. The van der Waals surface area contributed by atoms with Crippen LogP contribution in [0.15, 0.2) is 72.8 Å². The molecule has 0 saturated carbocycles. The summed E-state index contributed by atoms with van der Waals surface area (Å²) in [7, 11) is 0. The van der Waals surface area contributed by atoms with E-state index in [-0.39, 0.29) is 35.8 Å². The highest BCUT2D eigenvalue weighted by atomic mass is 19.4. The number of para-hydroxylation sites is 3. The first kappa shape index (κ1) is 82.3. The summed E-state index contributed by atoms with van der Waals surface area (Å²) in [6.07, 6.45) is -12.8. The SMILES string of the molecule is CC(=O)N[C@@H](CCCCN)C(=O)N[C@@H](C)C(=O)N[C@@H](Cc1ccc(O)cc1)C(=O)NCCN1CCN(CCCCC2CCN(CC(=O)N3c4ccccc4NC(=O)c4ccccc43)CC2)CC1.O=C(O)C(F)(F)F.O=C(O)C(F)(F)F.O=C(O)C(F)(F)F.O=C(O)C(F)(F)F. The number of carboxylic acids is 4. The van der Waals surface area contributed by atoms with Crippen LogP contribution < -0.4 is 37.2 Å². The molecule has 3 atom stereocenters. The molecule has 25 nitrogen and oxygen atoms in total. The highest BCUT2D eigenvalue weighted by Gasteiger charge is 2.41. The van der Waals surface area contributed by atoms with Crippen LogP contribution in [0, 0.1) is 5.92 Å². The van der Waals surface area contributed by atoms with E-state index in [1.54, 1.807) is 23.1 Å². The number of unbranched alkanes of at least 4 members (excludes halogenated alkanes) is 2. The highest BCUT2D eigenvalue weighted by molar-refractivity contribution is 6.18. The Labute approximate surface area is 535 Å². The number of aromatic hydroxyl groups is 1. The van der Waals surface area contributed by atoms with E-state index in [4.69, 9.17) is 45.3 Å². The summed E-state index contributed by atoms with van der Waals surface area (Å²) < 4.78 is 127. The van der Waals surface area contributed by atoms with Crippen molar-refractivity contribution in [3.05, 3.63) is 83.9 Å². The van der Waals surface area contributed by atoms with Gasteiger partial charge in [-0.1, -0.05) is 49.2 Å². The van der Waals surface area contributed by atoms with Crippen molar-refractivity contribution < 1.29 is 126 Å². The van der Waals surface area contributed by atoms with Crippen molar-refractivity contribution in [3.8, 4) is 5.75 Å². The third-order valence-corrected chi connectivity index (χ3v) is 14.0. The van der Waals surface area contributed by atoms with Crippen molar-refractivity contribution in [1.82, 2.24) is 36.0 Å². The lowest BCUT2D eigenvalue weighted by Crippen LogP contribution is -2.56. The number of anilines is 3. The Morgan fingerprint density at radius 2 is 1.06 bits per heavy atom. The van der Waals surface area contributed by atoms with Gasteiger partial charge in [-0.3, -0.25) is 43.5 Å². The molecule has 0 radical (unpaired) electrons. The molecule has 6 amide bonds. The Morgan fingerprint density at radius 1 is 0.579 bits per heavy atom. The molecule has 2 fully saturated rings. The average molecular weight is 1380 g/mol. The number of amides is 6. The Bertz CT molecular complexity index is 2920. The maximum Gasteiger partial charge on any atom is 0.490 e. The number of phenols is 1. The van der Waals surface area contributed by atoms with Gasteiger partial charge < -0.3 is 62.8 Å². The molecule has 37 heteroatoms. The normalized spacial score (nSPS) is 15.4. The van der Waals surface area contributed by atoms with E-state index >= 15 is 0 Å². The molecular formula is C58H74F12N10O15. The van der Waals surface area contributed by atoms with Crippen LogP contribution in [0.3, 0.4) is 0 Å². The van der Waals surface area contributed by atoms with Crippen LogP contribution in [0.1, 0.15) is 81.1 Å². The number of nitrogens with zero attached hydrogens (tertiary/aromatic N) is 4. The first-order valence-electron chi connectivity index (χ1n) is 29.0. The number of likely N-dealkylation sites (tertiary alicyclic amines) is 1. The van der Waals surface area contributed by atoms with E-state index in [9.17, 15) is 86.6 Å². The van der Waals surface area contributed by atoms with Gasteiger partial charge in [0.2, 0.25) is 29.5 Å². The fourth-order valence-corrected chi connectivity index (χ4v) is 9.14. The maximum absolute atomic E-state index is 13.9. The summed E-state index contributed by atoms with van der Waals surface area (Å²) in [6, 6.07) is 18.4. The number of carbonyl (C=O) groups is 10. The number of fused-ring (bicyclic) bond motifs is 2. The average Bonchev–Trinajstić information content (AvgIpc) is 1.69. The van der Waals surface area contributed by atoms with Gasteiger partial charge in [0.25, 0.3) is 5.91 Å². The van der Waals surface area contributed by atoms with E-state index in [0.717, 1.165) is 77.1 Å². The third kappa shape index (κ3) is 31.3. The molecule has 95 heavy (non-hydrogen) atoms. The van der Waals surface area contributed by atoms with Crippen LogP contribution in [-0.4, -0.2) is 214 Å². The van der Waals surface area contributed by atoms with E-state index in [1.807, 2.05) is 42.5 Å². The topological polar surface area (TPSA) is 371 Å². The second-order valence-corrected chi connectivity index (χ2v) is 21.3. The van der Waals surface area contributed by atoms with Crippen LogP contribution in [0.5, 0.6) is 5.75 Å². The summed E-state index contributed by atoms with van der Waals surface area (Å²) in [6.45, 7) is 11.2. The van der Waals surface area contributed by atoms with Gasteiger partial charge in [0.15, 0.2) is 0 Å². The molecule has 530 valence electrons. The summed E-state index contributed by atoms with van der Waals surface area (Å²) in [4.78, 5) is 123. The minimum absolute atomic E-state index is 0.0447. The molecule has 0 spiro atoms. The van der Waals surface area contributed by atoms with Crippen LogP contribution in [0.25, 0.3) is 0 Å². The number of piperidine rings is 1. The molecule has 3 aromatic carbocycles. The lowest BCUT2D eigenvalue weighted by molar-refractivity contribution is -0.193. The van der Waals surface area contributed by atoms with Crippen molar-refractivity contribution in [2.24, 2.45) is 11.7 Å². The molecule has 0 aliphatic carbocycles. The molecule has 2 saturated heterocycles. The number of nitrogens with two attached hydrogens (primary N) is 1. The van der Waals surface area contributed by atoms with Crippen LogP contribution in [0.4, 0.5) is 69.7 Å². The van der Waals surface area contributed by atoms with Crippen LogP contribution in [-0.2, 0) is 49.6 Å². The number of halogens is 12. The standard InChI is InChI=1S/C50H70N10O7.4C2HF3O2/c1-35(53-50(67)42(54-36(2)61)14-7-9-23-51)47(64)56-43(33-38-17-19-39(62)20-18-38)49(66)52-24-28-58-31-29-57(30-32-58)25-10-8-11-37-21-26-59(27-22-37)34-46(63)60-44-15-5-3-12-40(44)48(65)55-41-13-4-6-16-45(41)60;4*3-2(4,5)1(6)7/h3-6,12-13,15-20,35,37,42-43,62H,7-11,14,21-34,51H2,1-2H3,(H,52,66)(H,53,67)(H,54,61)(H,55,65)(H,56,64);4*(H,6,7)/t35-,42-,43-;;;;/m0..../s1. The highest BCUT2D eigenvalue weighted by Crippen LogP contribution is 2.38. The minimum atomic E-state index is -5.08. The number of nitrogens with one attached hydrogen (secondary N) is 5. The molecule has 0 aromatic heterocycles. The van der Waals surface area contributed by atoms with E-state index in [0.29, 0.717) is 74.0 Å². The van der Waals surface area contributed by atoms with Crippen molar-refractivity contribution in [3.63, 3.8) is 0 Å². The van der Waals surface area contributed by atoms with Gasteiger partial charge >= 0.3 is 48.6 Å². The summed E-state index contributed by atoms with van der Waals surface area (Å²) in [5.41, 5.74) is 8.73. The Hall–Kier alpha value is -8.84. The number of alkyl halides is 12. The Kier molecular flexibility index (Phi) is 33.9. The summed E-state index contributed by atoms with van der Waals surface area (Å²) in [5, 5.41) is 52.4. The number of phenolic OH excluding ortho intramolecular Hbond substituents is 1.